The molecule has 0 aliphatic carbocycles. The number of rotatable bonds is 5. The van der Waals surface area contributed by atoms with E-state index in [1.54, 1.807) is 12.1 Å². The Labute approximate surface area is 112 Å². The molecule has 0 bridgehead atoms. The van der Waals surface area contributed by atoms with Crippen LogP contribution in [0.2, 0.25) is 0 Å². The van der Waals surface area contributed by atoms with Crippen molar-refractivity contribution in [2.75, 3.05) is 25.1 Å². The molecule has 1 aromatic heterocycles. The smallest absolute Gasteiger partial charge is 0.262 e. The zero-order valence-electron chi connectivity index (χ0n) is 10.5. The minimum absolute atomic E-state index is 0.0536. The monoisotopic (exact) mass is 286 g/mol. The van der Waals surface area contributed by atoms with Crippen molar-refractivity contribution in [2.45, 2.75) is 17.9 Å². The van der Waals surface area contributed by atoms with E-state index in [1.807, 2.05) is 0 Å². The van der Waals surface area contributed by atoms with Gasteiger partial charge < -0.3 is 10.5 Å². The molecule has 1 atom stereocenters. The van der Waals surface area contributed by atoms with Gasteiger partial charge in [-0.1, -0.05) is 0 Å². The fourth-order valence-electron chi connectivity index (χ4n) is 2.26. The molecule has 1 fully saturated rings. The Hall–Kier alpha value is -1.22. The van der Waals surface area contributed by atoms with Gasteiger partial charge in [0.25, 0.3) is 10.0 Å². The van der Waals surface area contributed by atoms with Gasteiger partial charge in [0.2, 0.25) is 0 Å². The molecule has 8 heteroatoms. The van der Waals surface area contributed by atoms with E-state index in [0.29, 0.717) is 19.5 Å². The number of sulfonamides is 1. The number of hydrogen-bond acceptors (Lipinski definition) is 6. The van der Waals surface area contributed by atoms with Crippen molar-refractivity contribution in [1.82, 2.24) is 9.29 Å². The lowest BCUT2D eigenvalue weighted by Crippen LogP contribution is -2.30. The molecule has 1 aromatic rings. The number of anilines is 1. The summed E-state index contributed by atoms with van der Waals surface area (Å²) < 4.78 is 26.3. The molecule has 106 valence electrons. The molecule has 1 unspecified atom stereocenters. The van der Waals surface area contributed by atoms with E-state index in [2.05, 4.69) is 10.4 Å². The standard InChI is InChI=1S/C11H18N4O3S/c12-14-10-2-1-5-13-11(10)19(17,18)15-6-3-9(8-15)4-7-16/h1-2,5,9,14,16H,3-4,6-8,12H2. The number of nitrogens with two attached hydrogens (primary N) is 1. The van der Waals surface area contributed by atoms with E-state index in [0.717, 1.165) is 6.42 Å². The summed E-state index contributed by atoms with van der Waals surface area (Å²) in [7, 11) is -3.63. The Bertz CT molecular complexity index is 534. The summed E-state index contributed by atoms with van der Waals surface area (Å²) in [5.74, 6) is 5.52. The van der Waals surface area contributed by atoms with Gasteiger partial charge in [0.1, 0.15) is 0 Å². The van der Waals surface area contributed by atoms with Crippen molar-refractivity contribution < 1.29 is 13.5 Å². The van der Waals surface area contributed by atoms with Gasteiger partial charge in [-0.25, -0.2) is 13.4 Å². The molecule has 19 heavy (non-hydrogen) atoms. The van der Waals surface area contributed by atoms with Gasteiger partial charge in [0.05, 0.1) is 5.69 Å². The average Bonchev–Trinajstić information content (AvgIpc) is 2.88. The number of nitrogen functional groups attached to an aromatic ring is 1. The molecule has 7 nitrogen and oxygen atoms in total. The van der Waals surface area contributed by atoms with Gasteiger partial charge in [0.15, 0.2) is 5.03 Å². The van der Waals surface area contributed by atoms with Gasteiger partial charge in [-0.2, -0.15) is 4.31 Å². The van der Waals surface area contributed by atoms with E-state index >= 15 is 0 Å². The first kappa shape index (κ1) is 14.2. The molecule has 0 saturated carbocycles. The zero-order chi connectivity index (χ0) is 13.9. The van der Waals surface area contributed by atoms with E-state index in [-0.39, 0.29) is 23.2 Å². The maximum absolute atomic E-state index is 12.5. The summed E-state index contributed by atoms with van der Waals surface area (Å²) >= 11 is 0. The number of nitrogens with zero attached hydrogens (tertiary/aromatic N) is 2. The highest BCUT2D eigenvalue weighted by atomic mass is 32.2. The van der Waals surface area contributed by atoms with E-state index < -0.39 is 10.0 Å². The highest BCUT2D eigenvalue weighted by Crippen LogP contribution is 2.27. The number of aliphatic hydroxyl groups is 1. The van der Waals surface area contributed by atoms with Crippen molar-refractivity contribution in [3.8, 4) is 0 Å². The Balaban J connectivity index is 2.24. The average molecular weight is 286 g/mol. The minimum atomic E-state index is -3.63. The Morgan fingerprint density at radius 3 is 3.05 bits per heavy atom. The molecule has 0 radical (unpaired) electrons. The van der Waals surface area contributed by atoms with E-state index in [9.17, 15) is 8.42 Å². The van der Waals surface area contributed by atoms with Crippen LogP contribution in [0.1, 0.15) is 12.8 Å². The Morgan fingerprint density at radius 1 is 1.58 bits per heavy atom. The van der Waals surface area contributed by atoms with Crippen LogP contribution in [0.25, 0.3) is 0 Å². The number of aliphatic hydroxyl groups excluding tert-OH is 1. The molecule has 1 saturated heterocycles. The van der Waals surface area contributed by atoms with Gasteiger partial charge in [-0.15, -0.1) is 0 Å². The molecular formula is C11H18N4O3S. The van der Waals surface area contributed by atoms with Crippen molar-refractivity contribution >= 4 is 15.7 Å². The topological polar surface area (TPSA) is 109 Å². The Kier molecular flexibility index (Phi) is 4.35. The molecule has 0 amide bonds. The van der Waals surface area contributed by atoms with Crippen LogP contribution >= 0.6 is 0 Å². The summed E-state index contributed by atoms with van der Waals surface area (Å²) in [6.45, 7) is 0.953. The molecule has 0 spiro atoms. The second-order valence-corrected chi connectivity index (χ2v) is 6.38. The largest absolute Gasteiger partial charge is 0.396 e. The molecule has 0 aromatic carbocycles. The normalized spacial score (nSPS) is 20.6. The van der Waals surface area contributed by atoms with Crippen molar-refractivity contribution in [3.05, 3.63) is 18.3 Å². The second kappa shape index (κ2) is 5.83. The fourth-order valence-corrected chi connectivity index (χ4v) is 3.86. The number of hydrazine groups is 1. The quantitative estimate of drug-likeness (QED) is 0.509. The van der Waals surface area contributed by atoms with Crippen LogP contribution in [-0.4, -0.2) is 42.5 Å². The highest BCUT2D eigenvalue weighted by Gasteiger charge is 2.34. The zero-order valence-corrected chi connectivity index (χ0v) is 11.3. The molecule has 2 rings (SSSR count). The minimum Gasteiger partial charge on any atom is -0.396 e. The molecule has 1 aliphatic heterocycles. The number of aromatic nitrogens is 1. The summed E-state index contributed by atoms with van der Waals surface area (Å²) in [6, 6.07) is 3.19. The SMILES string of the molecule is NNc1cccnc1S(=O)(=O)N1CCC(CCO)C1. The van der Waals surface area contributed by atoms with E-state index in [4.69, 9.17) is 10.9 Å². The fraction of sp³-hybridized carbons (Fsp3) is 0.545. The summed E-state index contributed by atoms with van der Waals surface area (Å²) in [5, 5.41) is 8.85. The number of pyridine rings is 1. The number of hydrogen-bond donors (Lipinski definition) is 3. The lowest BCUT2D eigenvalue weighted by Gasteiger charge is -2.17. The van der Waals surface area contributed by atoms with Crippen LogP contribution in [0.15, 0.2) is 23.4 Å². The first-order valence-electron chi connectivity index (χ1n) is 6.12. The third kappa shape index (κ3) is 2.86. The van der Waals surface area contributed by atoms with Gasteiger partial charge in [-0.05, 0) is 30.9 Å². The molecule has 1 aliphatic rings. The summed E-state index contributed by atoms with van der Waals surface area (Å²) in [5.41, 5.74) is 2.64. The highest BCUT2D eigenvalue weighted by molar-refractivity contribution is 7.89. The van der Waals surface area contributed by atoms with Crippen LogP contribution in [0.3, 0.4) is 0 Å². The van der Waals surface area contributed by atoms with Gasteiger partial charge in [0, 0.05) is 25.9 Å². The van der Waals surface area contributed by atoms with Crippen molar-refractivity contribution in [3.63, 3.8) is 0 Å². The van der Waals surface area contributed by atoms with Crippen LogP contribution < -0.4 is 11.3 Å². The first-order valence-corrected chi connectivity index (χ1v) is 7.56. The molecule has 2 heterocycles. The first-order chi connectivity index (χ1) is 9.09. The third-order valence-electron chi connectivity index (χ3n) is 3.30. The molecular weight excluding hydrogens is 268 g/mol. The maximum Gasteiger partial charge on any atom is 0.262 e. The molecule has 4 N–H and O–H groups in total. The van der Waals surface area contributed by atoms with Crippen molar-refractivity contribution in [2.24, 2.45) is 11.8 Å². The summed E-state index contributed by atoms with van der Waals surface area (Å²) in [4.78, 5) is 3.92. The van der Waals surface area contributed by atoms with Crippen LogP contribution in [0, 0.1) is 5.92 Å². The van der Waals surface area contributed by atoms with Crippen molar-refractivity contribution in [1.29, 1.82) is 0 Å². The maximum atomic E-state index is 12.5. The Morgan fingerprint density at radius 2 is 2.37 bits per heavy atom. The van der Waals surface area contributed by atoms with Crippen LogP contribution in [-0.2, 0) is 10.0 Å². The lowest BCUT2D eigenvalue weighted by atomic mass is 10.1. The summed E-state index contributed by atoms with van der Waals surface area (Å²) in [6.07, 6.45) is 2.81. The third-order valence-corrected chi connectivity index (χ3v) is 5.12. The van der Waals surface area contributed by atoms with Gasteiger partial charge in [-0.3, -0.25) is 5.84 Å². The number of nitrogens with one attached hydrogen (secondary N) is 1. The van der Waals surface area contributed by atoms with E-state index in [1.165, 1.54) is 10.5 Å². The predicted octanol–water partition coefficient (Wildman–Crippen LogP) is -0.240. The van der Waals surface area contributed by atoms with Crippen LogP contribution in [0.5, 0.6) is 0 Å². The lowest BCUT2D eigenvalue weighted by molar-refractivity contribution is 0.259. The second-order valence-electron chi connectivity index (χ2n) is 4.53. The van der Waals surface area contributed by atoms with Gasteiger partial charge >= 0.3 is 0 Å². The predicted molar refractivity (Wildman–Crippen MR) is 70.6 cm³/mol. The van der Waals surface area contributed by atoms with Crippen LogP contribution in [0.4, 0.5) is 5.69 Å².